The van der Waals surface area contributed by atoms with Gasteiger partial charge in [0.05, 0.1) is 0 Å². The fourth-order valence-electron chi connectivity index (χ4n) is 0.975. The molecule has 0 amide bonds. The molecule has 0 saturated heterocycles. The van der Waals surface area contributed by atoms with Gasteiger partial charge in [0, 0.05) is 0 Å². The number of rotatable bonds is 6. The summed E-state index contributed by atoms with van der Waals surface area (Å²) < 4.78 is 0. The first kappa shape index (κ1) is 10.5. The van der Waals surface area contributed by atoms with E-state index >= 15 is 0 Å². The highest BCUT2D eigenvalue weighted by atomic mass is 13.9. The summed E-state index contributed by atoms with van der Waals surface area (Å²) in [6.45, 7) is 4.29. The van der Waals surface area contributed by atoms with Crippen LogP contribution in [0.15, 0.2) is 24.3 Å². The Kier molecular flexibility index (Phi) is 9.03. The van der Waals surface area contributed by atoms with E-state index in [-0.39, 0.29) is 0 Å². The number of unbranched alkanes of at least 4 members (excludes halogenated alkanes) is 4. The maximum Gasteiger partial charge on any atom is -0.0348 e. The van der Waals surface area contributed by atoms with Crippen LogP contribution in [0.25, 0.3) is 0 Å². The van der Waals surface area contributed by atoms with E-state index in [4.69, 9.17) is 0 Å². The van der Waals surface area contributed by atoms with Crippen LogP contribution in [-0.4, -0.2) is 0 Å². The molecular weight excluding hydrogens is 132 g/mol. The Balaban J connectivity index is 3.01. The Bertz CT molecular complexity index is 109. The average Bonchev–Trinajstić information content (AvgIpc) is 2.03. The Labute approximate surface area is 71.0 Å². The first-order chi connectivity index (χ1) is 5.41. The molecule has 0 N–H and O–H groups in total. The summed E-state index contributed by atoms with van der Waals surface area (Å²) in [7, 11) is 0. The van der Waals surface area contributed by atoms with Crippen molar-refractivity contribution in [3.63, 3.8) is 0 Å². The predicted octanol–water partition coefficient (Wildman–Crippen LogP) is 4.09. The maximum atomic E-state index is 2.25. The summed E-state index contributed by atoms with van der Waals surface area (Å²) in [6, 6.07) is 0. The minimum atomic E-state index is 1.24. The van der Waals surface area contributed by atoms with Crippen molar-refractivity contribution in [3.05, 3.63) is 24.3 Å². The molecule has 0 aromatic carbocycles. The van der Waals surface area contributed by atoms with Crippen molar-refractivity contribution < 1.29 is 0 Å². The second kappa shape index (κ2) is 9.48. The van der Waals surface area contributed by atoms with E-state index in [9.17, 15) is 0 Å². The summed E-state index contributed by atoms with van der Waals surface area (Å²) >= 11 is 0. The summed E-state index contributed by atoms with van der Waals surface area (Å²) in [6.07, 6.45) is 15.2. The van der Waals surface area contributed by atoms with Gasteiger partial charge >= 0.3 is 0 Å². The Morgan fingerprint density at radius 1 is 1.00 bits per heavy atom. The van der Waals surface area contributed by atoms with Crippen molar-refractivity contribution >= 4 is 0 Å². The minimum absolute atomic E-state index is 1.24. The van der Waals surface area contributed by atoms with Crippen LogP contribution in [-0.2, 0) is 0 Å². The molecule has 0 heterocycles. The highest BCUT2D eigenvalue weighted by Crippen LogP contribution is 2.02. The van der Waals surface area contributed by atoms with Crippen LogP contribution in [0.2, 0.25) is 0 Å². The fourth-order valence-corrected chi connectivity index (χ4v) is 0.975. The third-order valence-corrected chi connectivity index (χ3v) is 1.66. The molecule has 0 fully saturated rings. The largest absolute Gasteiger partial charge is 0.0877 e. The van der Waals surface area contributed by atoms with Crippen molar-refractivity contribution in [1.82, 2.24) is 0 Å². The minimum Gasteiger partial charge on any atom is -0.0877 e. The zero-order valence-electron chi connectivity index (χ0n) is 7.84. The molecule has 0 aromatic heterocycles. The van der Waals surface area contributed by atoms with Gasteiger partial charge in [-0.2, -0.15) is 0 Å². The fraction of sp³-hybridized carbons (Fsp3) is 0.636. The van der Waals surface area contributed by atoms with Gasteiger partial charge < -0.3 is 0 Å². The first-order valence-corrected chi connectivity index (χ1v) is 4.69. The highest BCUT2D eigenvalue weighted by Gasteiger charge is 1.82. The van der Waals surface area contributed by atoms with Crippen LogP contribution in [0.3, 0.4) is 0 Å². The predicted molar refractivity (Wildman–Crippen MR) is 52.7 cm³/mol. The van der Waals surface area contributed by atoms with Gasteiger partial charge in [-0.15, -0.1) is 0 Å². The van der Waals surface area contributed by atoms with Crippen LogP contribution in [0.4, 0.5) is 0 Å². The monoisotopic (exact) mass is 152 g/mol. The molecule has 0 nitrogen and oxygen atoms in total. The van der Waals surface area contributed by atoms with Gasteiger partial charge in [-0.05, 0) is 19.8 Å². The van der Waals surface area contributed by atoms with E-state index in [0.717, 1.165) is 0 Å². The van der Waals surface area contributed by atoms with Crippen molar-refractivity contribution in [1.29, 1.82) is 0 Å². The number of hydrogen-bond donors (Lipinski definition) is 0. The lowest BCUT2D eigenvalue weighted by molar-refractivity contribution is 0.674. The van der Waals surface area contributed by atoms with Crippen molar-refractivity contribution in [3.8, 4) is 0 Å². The molecule has 0 bridgehead atoms. The van der Waals surface area contributed by atoms with Gasteiger partial charge in [-0.25, -0.2) is 0 Å². The third-order valence-electron chi connectivity index (χ3n) is 1.66. The third kappa shape index (κ3) is 9.48. The molecule has 0 aliphatic carbocycles. The smallest absolute Gasteiger partial charge is 0.0348 e. The standard InChI is InChI=1S/C11H20/c1-3-5-7-9-11-10-8-6-4-2/h3,5,7,9H,4,6,8,10-11H2,1-2H3/b5-3+,9-7+. The molecule has 0 unspecified atom stereocenters. The normalized spacial score (nSPS) is 11.8. The lowest BCUT2D eigenvalue weighted by atomic mass is 10.1. The van der Waals surface area contributed by atoms with E-state index in [1.165, 1.54) is 32.1 Å². The molecule has 11 heavy (non-hydrogen) atoms. The zero-order valence-corrected chi connectivity index (χ0v) is 7.84. The van der Waals surface area contributed by atoms with E-state index < -0.39 is 0 Å². The first-order valence-electron chi connectivity index (χ1n) is 4.69. The van der Waals surface area contributed by atoms with Gasteiger partial charge in [0.15, 0.2) is 0 Å². The van der Waals surface area contributed by atoms with Crippen LogP contribution >= 0.6 is 0 Å². The molecule has 0 spiro atoms. The van der Waals surface area contributed by atoms with Crippen LogP contribution in [0.1, 0.15) is 46.0 Å². The molecule has 0 aromatic rings. The van der Waals surface area contributed by atoms with Gasteiger partial charge in [0.2, 0.25) is 0 Å². The van der Waals surface area contributed by atoms with E-state index in [1.807, 2.05) is 6.92 Å². The van der Waals surface area contributed by atoms with Gasteiger partial charge in [0.1, 0.15) is 0 Å². The second-order valence-corrected chi connectivity index (χ2v) is 2.80. The lowest BCUT2D eigenvalue weighted by Crippen LogP contribution is -1.72. The van der Waals surface area contributed by atoms with Crippen molar-refractivity contribution in [2.24, 2.45) is 0 Å². The Morgan fingerprint density at radius 3 is 2.45 bits per heavy atom. The summed E-state index contributed by atoms with van der Waals surface area (Å²) in [5.41, 5.74) is 0. The second-order valence-electron chi connectivity index (χ2n) is 2.80. The molecule has 0 aliphatic rings. The maximum absolute atomic E-state index is 2.25. The molecule has 0 radical (unpaired) electrons. The molecule has 0 aliphatic heterocycles. The number of hydrogen-bond acceptors (Lipinski definition) is 0. The van der Waals surface area contributed by atoms with E-state index in [2.05, 4.69) is 31.2 Å². The van der Waals surface area contributed by atoms with E-state index in [0.29, 0.717) is 0 Å². The SMILES string of the molecule is C/C=C/C=C/CCCCCC. The molecule has 64 valence electrons. The average molecular weight is 152 g/mol. The lowest BCUT2D eigenvalue weighted by Gasteiger charge is -1.92. The van der Waals surface area contributed by atoms with Crippen LogP contribution in [0.5, 0.6) is 0 Å². The molecule has 0 rings (SSSR count). The van der Waals surface area contributed by atoms with Gasteiger partial charge in [-0.3, -0.25) is 0 Å². The quantitative estimate of drug-likeness (QED) is 0.397. The molecule has 0 saturated carbocycles. The zero-order chi connectivity index (χ0) is 8.36. The van der Waals surface area contributed by atoms with Crippen LogP contribution in [0, 0.1) is 0 Å². The summed E-state index contributed by atoms with van der Waals surface area (Å²) in [5, 5.41) is 0. The van der Waals surface area contributed by atoms with Crippen molar-refractivity contribution in [2.75, 3.05) is 0 Å². The topological polar surface area (TPSA) is 0 Å². The summed E-state index contributed by atoms with van der Waals surface area (Å²) in [5.74, 6) is 0. The molecule has 0 heteroatoms. The summed E-state index contributed by atoms with van der Waals surface area (Å²) in [4.78, 5) is 0. The Hall–Kier alpha value is -0.520. The van der Waals surface area contributed by atoms with Crippen molar-refractivity contribution in [2.45, 2.75) is 46.0 Å². The van der Waals surface area contributed by atoms with Gasteiger partial charge in [0.25, 0.3) is 0 Å². The number of allylic oxidation sites excluding steroid dienone is 4. The van der Waals surface area contributed by atoms with Crippen LogP contribution < -0.4 is 0 Å². The Morgan fingerprint density at radius 2 is 1.82 bits per heavy atom. The van der Waals surface area contributed by atoms with E-state index in [1.54, 1.807) is 0 Å². The highest BCUT2D eigenvalue weighted by molar-refractivity contribution is 5.00. The molecule has 0 atom stereocenters. The molecular formula is C11H20. The van der Waals surface area contributed by atoms with Gasteiger partial charge in [-0.1, -0.05) is 50.5 Å².